The molecule has 4 fully saturated rings. The second kappa shape index (κ2) is 8.95. The van der Waals surface area contributed by atoms with E-state index >= 15 is 0 Å². The van der Waals surface area contributed by atoms with Crippen molar-refractivity contribution in [1.82, 2.24) is 15.5 Å². The van der Waals surface area contributed by atoms with Crippen molar-refractivity contribution >= 4 is 17.7 Å². The lowest BCUT2D eigenvalue weighted by Gasteiger charge is -2.54. The van der Waals surface area contributed by atoms with Crippen LogP contribution in [0.15, 0.2) is 30.3 Å². The minimum Gasteiger partial charge on any atom is -0.376 e. The predicted molar refractivity (Wildman–Crippen MR) is 116 cm³/mol. The number of hydrogen-bond acceptors (Lipinski definition) is 5. The number of rotatable bonds is 6. The van der Waals surface area contributed by atoms with Crippen LogP contribution in [-0.2, 0) is 20.0 Å². The molecular weight excluding hydrogens is 446 g/mol. The minimum atomic E-state index is -3.16. The van der Waals surface area contributed by atoms with Crippen molar-refractivity contribution in [2.75, 3.05) is 6.54 Å². The van der Waals surface area contributed by atoms with Gasteiger partial charge >= 0.3 is 0 Å². The molecule has 182 valence electrons. The van der Waals surface area contributed by atoms with Crippen LogP contribution < -0.4 is 10.6 Å². The zero-order valence-corrected chi connectivity index (χ0v) is 18.8. The Morgan fingerprint density at radius 2 is 2.03 bits per heavy atom. The third-order valence-electron chi connectivity index (χ3n) is 7.35. The van der Waals surface area contributed by atoms with Gasteiger partial charge < -0.3 is 20.6 Å². The summed E-state index contributed by atoms with van der Waals surface area (Å²) >= 11 is 0. The average molecular weight is 475 g/mol. The summed E-state index contributed by atoms with van der Waals surface area (Å²) in [5.41, 5.74) is -1.74. The van der Waals surface area contributed by atoms with Gasteiger partial charge in [-0.05, 0) is 38.2 Å². The number of nitrogens with zero attached hydrogens (tertiary/aromatic N) is 2. The van der Waals surface area contributed by atoms with Crippen LogP contribution in [0.25, 0.3) is 0 Å². The highest BCUT2D eigenvalue weighted by Gasteiger charge is 2.62. The zero-order chi connectivity index (χ0) is 24.7. The Kier molecular flexibility index (Phi) is 6.34. The Labute approximate surface area is 196 Å². The maximum atomic E-state index is 14.9. The Hall–Kier alpha value is -3.06. The number of carbonyl (C=O) groups excluding carboxylic acids is 3. The maximum absolute atomic E-state index is 14.9. The molecule has 0 spiro atoms. The van der Waals surface area contributed by atoms with Crippen molar-refractivity contribution in [1.29, 1.82) is 5.26 Å². The van der Waals surface area contributed by atoms with Gasteiger partial charge in [-0.2, -0.15) is 5.26 Å². The van der Waals surface area contributed by atoms with Gasteiger partial charge in [0.05, 0.1) is 12.0 Å². The zero-order valence-electron chi connectivity index (χ0n) is 18.8. The molecule has 2 bridgehead atoms. The molecule has 3 heterocycles. The maximum Gasteiger partial charge on any atom is 0.259 e. The minimum absolute atomic E-state index is 0.0509. The lowest BCUT2D eigenvalue weighted by Crippen LogP contribution is -2.70. The predicted octanol–water partition coefficient (Wildman–Crippen LogP) is 1.44. The summed E-state index contributed by atoms with van der Waals surface area (Å²) in [5.74, 6) is -6.95. The van der Waals surface area contributed by atoms with E-state index in [0.717, 1.165) is 4.90 Å². The number of alkyl halides is 2. The highest BCUT2D eigenvalue weighted by molar-refractivity contribution is 5.93. The van der Waals surface area contributed by atoms with Crippen LogP contribution in [0.4, 0.5) is 8.78 Å². The van der Waals surface area contributed by atoms with E-state index in [1.54, 1.807) is 30.3 Å². The monoisotopic (exact) mass is 474 g/mol. The van der Waals surface area contributed by atoms with Crippen LogP contribution in [0.5, 0.6) is 0 Å². The molecule has 1 aromatic carbocycles. The molecule has 3 saturated heterocycles. The van der Waals surface area contributed by atoms with Crippen LogP contribution in [-0.4, -0.2) is 58.3 Å². The number of aliphatic hydroxyl groups is 1. The quantitative estimate of drug-likeness (QED) is 0.576. The summed E-state index contributed by atoms with van der Waals surface area (Å²) in [7, 11) is 0. The molecule has 1 saturated carbocycles. The normalized spacial score (nSPS) is 30.1. The Morgan fingerprint density at radius 1 is 1.32 bits per heavy atom. The second-order valence-electron chi connectivity index (χ2n) is 9.60. The van der Waals surface area contributed by atoms with Gasteiger partial charge in [0, 0.05) is 24.9 Å². The highest BCUT2D eigenvalue weighted by Crippen LogP contribution is 2.50. The summed E-state index contributed by atoms with van der Waals surface area (Å²) < 4.78 is 29.7. The van der Waals surface area contributed by atoms with Gasteiger partial charge in [0.25, 0.3) is 11.8 Å². The molecule has 1 aliphatic carbocycles. The van der Waals surface area contributed by atoms with Gasteiger partial charge in [-0.15, -0.1) is 0 Å². The van der Waals surface area contributed by atoms with Gasteiger partial charge in [0.15, 0.2) is 5.60 Å². The van der Waals surface area contributed by atoms with Crippen LogP contribution in [0, 0.1) is 23.2 Å². The van der Waals surface area contributed by atoms with Crippen molar-refractivity contribution in [3.8, 4) is 6.07 Å². The third kappa shape index (κ3) is 4.25. The summed E-state index contributed by atoms with van der Waals surface area (Å²) in [4.78, 5) is 39.8. The molecule has 34 heavy (non-hydrogen) atoms. The van der Waals surface area contributed by atoms with Gasteiger partial charge in [-0.25, -0.2) is 8.78 Å². The average Bonchev–Trinajstić information content (AvgIpc) is 3.21. The molecule has 5 rings (SSSR count). The highest BCUT2D eigenvalue weighted by atomic mass is 19.3. The Morgan fingerprint density at radius 3 is 2.62 bits per heavy atom. The third-order valence-corrected chi connectivity index (χ3v) is 7.35. The second-order valence-corrected chi connectivity index (χ2v) is 9.60. The lowest BCUT2D eigenvalue weighted by atomic mass is 9.70. The van der Waals surface area contributed by atoms with E-state index in [4.69, 9.17) is 0 Å². The summed E-state index contributed by atoms with van der Waals surface area (Å²) in [6.07, 6.45) is 0.340. The molecule has 0 radical (unpaired) electrons. The molecule has 4 aliphatic rings. The molecule has 3 amide bonds. The fraction of sp³-hybridized carbons (Fsp3) is 0.583. The molecule has 3 N–H and O–H groups in total. The smallest absolute Gasteiger partial charge is 0.259 e. The molecule has 0 unspecified atom stereocenters. The number of fused-ring (bicyclic) bond motifs is 3. The van der Waals surface area contributed by atoms with Crippen molar-refractivity contribution in [3.05, 3.63) is 35.9 Å². The molecular formula is C24H28F2N4O4. The van der Waals surface area contributed by atoms with Crippen molar-refractivity contribution < 1.29 is 28.3 Å². The first-order valence-corrected chi connectivity index (χ1v) is 11.5. The van der Waals surface area contributed by atoms with Crippen LogP contribution >= 0.6 is 0 Å². The molecule has 6 atom stereocenters. The van der Waals surface area contributed by atoms with Crippen molar-refractivity contribution in [2.24, 2.45) is 11.8 Å². The SMILES string of the molecule is C[C@](O)(C(=O)N1[C@H]2CC[C@@H]([C@@H]1C(=O)N[C@H](C#N)C[C@H]1CCNC1=O)C(F)(F)C2)c1ccccc1. The Balaban J connectivity index is 1.60. The van der Waals surface area contributed by atoms with E-state index in [1.807, 2.05) is 6.07 Å². The number of amides is 3. The standard InChI is InChI=1S/C24H28F2N4O4/c1-23(34,15-5-3-2-4-6-15)22(33)30-17-7-8-18(24(25,26)12-17)19(30)21(32)29-16(13-27)11-14-9-10-28-20(14)31/h2-6,14,16-19,34H,7-12H2,1H3,(H,28,31)(H,29,32)/t14-,16+,17+,18+,19-,23-/m1/s1. The molecule has 3 aliphatic heterocycles. The lowest BCUT2D eigenvalue weighted by molar-refractivity contribution is -0.203. The van der Waals surface area contributed by atoms with Crippen LogP contribution in [0.3, 0.4) is 0 Å². The first kappa shape index (κ1) is 24.1. The summed E-state index contributed by atoms with van der Waals surface area (Å²) in [5, 5.41) is 25.8. The largest absolute Gasteiger partial charge is 0.376 e. The first-order chi connectivity index (χ1) is 16.1. The molecule has 1 aromatic rings. The topological polar surface area (TPSA) is 123 Å². The van der Waals surface area contributed by atoms with Crippen LogP contribution in [0.1, 0.15) is 44.6 Å². The summed E-state index contributed by atoms with van der Waals surface area (Å²) in [6.45, 7) is 1.77. The van der Waals surface area contributed by atoms with Crippen molar-refractivity contribution in [2.45, 2.75) is 68.7 Å². The van der Waals surface area contributed by atoms with E-state index in [0.29, 0.717) is 19.4 Å². The summed E-state index contributed by atoms with van der Waals surface area (Å²) in [6, 6.07) is 6.55. The Bertz CT molecular complexity index is 1010. The number of carbonyl (C=O) groups is 3. The number of nitrogens with one attached hydrogen (secondary N) is 2. The number of benzene rings is 1. The molecule has 10 heteroatoms. The fourth-order valence-electron chi connectivity index (χ4n) is 5.49. The molecule has 0 aromatic heterocycles. The van der Waals surface area contributed by atoms with E-state index < -0.39 is 59.7 Å². The number of hydrogen-bond donors (Lipinski definition) is 3. The fourth-order valence-corrected chi connectivity index (χ4v) is 5.49. The van der Waals surface area contributed by atoms with Gasteiger partial charge in [-0.1, -0.05) is 30.3 Å². The number of nitriles is 1. The van der Waals surface area contributed by atoms with Crippen molar-refractivity contribution in [3.63, 3.8) is 0 Å². The van der Waals surface area contributed by atoms with E-state index in [1.165, 1.54) is 6.92 Å². The van der Waals surface area contributed by atoms with Gasteiger partial charge in [0.1, 0.15) is 12.1 Å². The number of piperidine rings is 2. The van der Waals surface area contributed by atoms with E-state index in [-0.39, 0.29) is 24.3 Å². The van der Waals surface area contributed by atoms with Crippen LogP contribution in [0.2, 0.25) is 0 Å². The van der Waals surface area contributed by atoms with E-state index in [9.17, 15) is 33.5 Å². The van der Waals surface area contributed by atoms with E-state index in [2.05, 4.69) is 10.6 Å². The van der Waals surface area contributed by atoms with Gasteiger partial charge in [0.2, 0.25) is 11.8 Å². The number of halogens is 2. The van der Waals surface area contributed by atoms with Gasteiger partial charge in [-0.3, -0.25) is 14.4 Å². The molecule has 8 nitrogen and oxygen atoms in total. The first-order valence-electron chi connectivity index (χ1n) is 11.5.